The molecule has 1 saturated heterocycles. The van der Waals surface area contributed by atoms with Crippen LogP contribution in [0.5, 0.6) is 0 Å². The molecule has 1 aliphatic rings. The van der Waals surface area contributed by atoms with E-state index in [1.54, 1.807) is 0 Å². The largest absolute Gasteiger partial charge is 0.394 e. The number of aromatic amines is 1. The van der Waals surface area contributed by atoms with Gasteiger partial charge in [-0.2, -0.15) is 0 Å². The minimum Gasteiger partial charge on any atom is -0.394 e. The number of alkyl halides is 1. The zero-order valence-electron chi connectivity index (χ0n) is 8.62. The molecule has 3 N–H and O–H groups in total. The summed E-state index contributed by atoms with van der Waals surface area (Å²) in [5.74, 6) is 0. The minimum atomic E-state index is -1.78. The number of hydrogen-bond acceptors (Lipinski definition) is 5. The predicted octanol–water partition coefficient (Wildman–Crippen LogP) is -0.505. The van der Waals surface area contributed by atoms with E-state index < -0.39 is 36.9 Å². The van der Waals surface area contributed by atoms with Crippen molar-refractivity contribution in [1.82, 2.24) is 9.55 Å². The number of hydrogen-bond donors (Lipinski definition) is 3. The molecule has 0 radical (unpaired) electrons. The van der Waals surface area contributed by atoms with Gasteiger partial charge >= 0.3 is 5.69 Å². The fourth-order valence-corrected chi connectivity index (χ4v) is 1.85. The highest BCUT2D eigenvalue weighted by Gasteiger charge is 2.45. The van der Waals surface area contributed by atoms with Crippen LogP contribution in [0.15, 0.2) is 17.1 Å². The van der Waals surface area contributed by atoms with Crippen molar-refractivity contribution >= 4 is 12.2 Å². The van der Waals surface area contributed by atoms with E-state index in [0.717, 1.165) is 4.57 Å². The smallest absolute Gasteiger partial charge is 0.328 e. The monoisotopic (exact) mass is 262 g/mol. The minimum absolute atomic E-state index is 0.221. The predicted molar refractivity (Wildman–Crippen MR) is 57.8 cm³/mol. The molecule has 0 saturated carbocycles. The van der Waals surface area contributed by atoms with Crippen LogP contribution < -0.4 is 5.69 Å². The molecule has 1 aromatic rings. The van der Waals surface area contributed by atoms with Crippen LogP contribution in [0.2, 0.25) is 0 Å². The maximum Gasteiger partial charge on any atom is 0.328 e. The van der Waals surface area contributed by atoms with Gasteiger partial charge in [-0.3, -0.25) is 9.55 Å². The number of H-pyrrole nitrogens is 1. The average Bonchev–Trinajstić information content (AvgIpc) is 2.57. The van der Waals surface area contributed by atoms with Gasteiger partial charge in [0, 0.05) is 6.20 Å². The van der Waals surface area contributed by atoms with Gasteiger partial charge in [-0.25, -0.2) is 9.18 Å². The van der Waals surface area contributed by atoms with Crippen LogP contribution in [0.4, 0.5) is 4.39 Å². The van der Waals surface area contributed by atoms with Crippen molar-refractivity contribution in [2.45, 2.75) is 24.6 Å². The van der Waals surface area contributed by atoms with Crippen molar-refractivity contribution < 1.29 is 19.3 Å². The van der Waals surface area contributed by atoms with E-state index in [9.17, 15) is 14.3 Å². The number of aromatic nitrogens is 2. The van der Waals surface area contributed by atoms with E-state index in [4.69, 9.17) is 22.1 Å². The summed E-state index contributed by atoms with van der Waals surface area (Å²) < 4.78 is 20.0. The van der Waals surface area contributed by atoms with E-state index in [1.807, 2.05) is 0 Å². The fourth-order valence-electron chi connectivity index (χ4n) is 1.71. The lowest BCUT2D eigenvalue weighted by Crippen LogP contribution is -2.33. The van der Waals surface area contributed by atoms with Gasteiger partial charge in [-0.05, 0) is 6.07 Å². The van der Waals surface area contributed by atoms with Gasteiger partial charge in [0.15, 0.2) is 12.4 Å². The molecule has 0 aliphatic carbocycles. The summed E-state index contributed by atoms with van der Waals surface area (Å²) in [7, 11) is 0. The van der Waals surface area contributed by atoms with Crippen molar-refractivity contribution in [3.63, 3.8) is 0 Å². The summed E-state index contributed by atoms with van der Waals surface area (Å²) in [4.78, 5) is 13.8. The van der Waals surface area contributed by atoms with Gasteiger partial charge in [0.05, 0.1) is 6.61 Å². The number of nitrogens with zero attached hydrogens (tertiary/aromatic N) is 1. The normalized spacial score (nSPS) is 32.9. The van der Waals surface area contributed by atoms with E-state index in [1.165, 1.54) is 12.3 Å². The van der Waals surface area contributed by atoms with E-state index in [2.05, 4.69) is 4.98 Å². The number of halogens is 1. The second-order valence-electron chi connectivity index (χ2n) is 3.70. The molecule has 8 heteroatoms. The highest BCUT2D eigenvalue weighted by atomic mass is 32.1. The Balaban J connectivity index is 2.35. The van der Waals surface area contributed by atoms with Crippen LogP contribution in [0.25, 0.3) is 0 Å². The van der Waals surface area contributed by atoms with Gasteiger partial charge in [-0.1, -0.05) is 12.2 Å². The van der Waals surface area contributed by atoms with E-state index >= 15 is 0 Å². The Morgan fingerprint density at radius 3 is 2.88 bits per heavy atom. The van der Waals surface area contributed by atoms with Crippen molar-refractivity contribution in [3.05, 3.63) is 27.4 Å². The van der Waals surface area contributed by atoms with Crippen molar-refractivity contribution in [1.29, 1.82) is 0 Å². The SMILES string of the molecule is O=c1[nH]c(=S)ccn1[C@@H]1O[C@H](CO)[C@H](O)[C@@H]1F. The molecule has 0 aromatic carbocycles. The second-order valence-corrected chi connectivity index (χ2v) is 4.14. The molecule has 0 unspecified atom stereocenters. The molecule has 0 amide bonds. The zero-order chi connectivity index (χ0) is 12.6. The van der Waals surface area contributed by atoms with Crippen molar-refractivity contribution in [2.75, 3.05) is 6.61 Å². The Labute approximate surface area is 100 Å². The van der Waals surface area contributed by atoms with Crippen LogP contribution in [0.1, 0.15) is 6.23 Å². The molecule has 6 nitrogen and oxygen atoms in total. The molecule has 2 heterocycles. The molecule has 94 valence electrons. The Bertz CT molecular complexity index is 516. The van der Waals surface area contributed by atoms with Crippen LogP contribution in [-0.4, -0.2) is 44.8 Å². The van der Waals surface area contributed by atoms with Gasteiger partial charge in [0.2, 0.25) is 0 Å². The Kier molecular flexibility index (Phi) is 3.38. The average molecular weight is 262 g/mol. The van der Waals surface area contributed by atoms with Crippen LogP contribution in [-0.2, 0) is 4.74 Å². The third-order valence-electron chi connectivity index (χ3n) is 2.60. The molecule has 1 aliphatic heterocycles. The number of aliphatic hydroxyl groups excluding tert-OH is 2. The third kappa shape index (κ3) is 2.16. The molecule has 0 spiro atoms. The second kappa shape index (κ2) is 4.65. The summed E-state index contributed by atoms with van der Waals surface area (Å²) in [6, 6.07) is 1.41. The quantitative estimate of drug-likeness (QED) is 0.625. The summed E-state index contributed by atoms with van der Waals surface area (Å²) >= 11 is 4.74. The first-order valence-corrected chi connectivity index (χ1v) is 5.35. The number of nitrogens with one attached hydrogen (secondary N) is 1. The molecular weight excluding hydrogens is 251 g/mol. The van der Waals surface area contributed by atoms with Crippen LogP contribution >= 0.6 is 12.2 Å². The van der Waals surface area contributed by atoms with Gasteiger partial charge in [0.25, 0.3) is 0 Å². The molecule has 1 fully saturated rings. The first-order chi connectivity index (χ1) is 8.04. The lowest BCUT2D eigenvalue weighted by molar-refractivity contribution is -0.0491. The first kappa shape index (κ1) is 12.4. The molecule has 1 aromatic heterocycles. The summed E-state index contributed by atoms with van der Waals surface area (Å²) in [6.45, 7) is -0.518. The van der Waals surface area contributed by atoms with Gasteiger partial charge < -0.3 is 14.9 Å². The topological polar surface area (TPSA) is 87.5 Å². The van der Waals surface area contributed by atoms with Crippen molar-refractivity contribution in [3.8, 4) is 0 Å². The van der Waals surface area contributed by atoms with E-state index in [-0.39, 0.29) is 4.64 Å². The molecule has 2 rings (SSSR count). The molecule has 17 heavy (non-hydrogen) atoms. The van der Waals surface area contributed by atoms with Gasteiger partial charge in [-0.15, -0.1) is 0 Å². The zero-order valence-corrected chi connectivity index (χ0v) is 9.43. The number of aliphatic hydroxyl groups is 2. The Morgan fingerprint density at radius 1 is 1.65 bits per heavy atom. The maximum atomic E-state index is 13.7. The Morgan fingerprint density at radius 2 is 2.35 bits per heavy atom. The van der Waals surface area contributed by atoms with Crippen LogP contribution in [0, 0.1) is 4.64 Å². The molecule has 0 bridgehead atoms. The maximum absolute atomic E-state index is 13.7. The molecule has 4 atom stereocenters. The fraction of sp³-hybridized carbons (Fsp3) is 0.556. The summed E-state index contributed by atoms with van der Waals surface area (Å²) in [6.07, 6.45) is -4.26. The highest BCUT2D eigenvalue weighted by Crippen LogP contribution is 2.30. The van der Waals surface area contributed by atoms with Crippen molar-refractivity contribution in [2.24, 2.45) is 0 Å². The summed E-state index contributed by atoms with van der Waals surface area (Å²) in [5, 5.41) is 18.3. The number of ether oxygens (including phenoxy) is 1. The standard InChI is InChI=1S/C9H11FN2O4S/c10-6-7(14)4(3-13)16-8(6)12-2-1-5(17)11-9(12)15/h1-2,4,6-8,13-14H,3H2,(H,11,15,17)/t4-,6+,7+,8-/m1/s1. The Hall–Kier alpha value is -1.09. The summed E-state index contributed by atoms with van der Waals surface area (Å²) in [5.41, 5.74) is -0.629. The lowest BCUT2D eigenvalue weighted by atomic mass is 10.1. The van der Waals surface area contributed by atoms with E-state index in [0.29, 0.717) is 0 Å². The lowest BCUT2D eigenvalue weighted by Gasteiger charge is -2.15. The first-order valence-electron chi connectivity index (χ1n) is 4.94. The highest BCUT2D eigenvalue weighted by molar-refractivity contribution is 7.71. The van der Waals surface area contributed by atoms with Crippen LogP contribution in [0.3, 0.4) is 0 Å². The number of rotatable bonds is 2. The third-order valence-corrected chi connectivity index (χ3v) is 2.84. The molecular formula is C9H11FN2O4S. The van der Waals surface area contributed by atoms with Gasteiger partial charge in [0.1, 0.15) is 16.8 Å².